The van der Waals surface area contributed by atoms with Crippen molar-refractivity contribution in [3.05, 3.63) is 65.2 Å². The van der Waals surface area contributed by atoms with Gasteiger partial charge in [0, 0.05) is 25.7 Å². The van der Waals surface area contributed by atoms with Gasteiger partial charge in [-0.15, -0.1) is 0 Å². The second-order valence-electron chi connectivity index (χ2n) is 5.93. The van der Waals surface area contributed by atoms with Crippen LogP contribution in [0.4, 0.5) is 8.78 Å². The van der Waals surface area contributed by atoms with E-state index < -0.39 is 27.6 Å². The SMILES string of the molecule is O=C(NCc1ccccc1S(=O)(=O)N1CCOCC1)c1ccc(F)cc1F. The van der Waals surface area contributed by atoms with Gasteiger partial charge in [0.25, 0.3) is 5.91 Å². The Morgan fingerprint density at radius 2 is 1.81 bits per heavy atom. The molecule has 0 unspecified atom stereocenters. The molecule has 1 N–H and O–H groups in total. The molecule has 1 aliphatic heterocycles. The second kappa shape index (κ2) is 8.12. The van der Waals surface area contributed by atoms with Crippen LogP contribution >= 0.6 is 0 Å². The molecule has 0 saturated carbocycles. The Kier molecular flexibility index (Phi) is 5.83. The number of nitrogens with one attached hydrogen (secondary N) is 1. The number of amides is 1. The molecule has 1 fully saturated rings. The smallest absolute Gasteiger partial charge is 0.254 e. The average molecular weight is 396 g/mol. The van der Waals surface area contributed by atoms with Crippen LogP contribution in [0.3, 0.4) is 0 Å². The Bertz CT molecular complexity index is 944. The summed E-state index contributed by atoms with van der Waals surface area (Å²) in [5.41, 5.74) is 0.0600. The van der Waals surface area contributed by atoms with Gasteiger partial charge in [-0.05, 0) is 23.8 Å². The van der Waals surface area contributed by atoms with Gasteiger partial charge in [0.15, 0.2) is 0 Å². The minimum absolute atomic E-state index is 0.0757. The van der Waals surface area contributed by atoms with Crippen molar-refractivity contribution in [2.45, 2.75) is 11.4 Å². The van der Waals surface area contributed by atoms with Gasteiger partial charge in [0.1, 0.15) is 11.6 Å². The molecule has 27 heavy (non-hydrogen) atoms. The summed E-state index contributed by atoms with van der Waals surface area (Å²) in [5.74, 6) is -2.53. The minimum Gasteiger partial charge on any atom is -0.379 e. The number of halogens is 2. The number of hydrogen-bond donors (Lipinski definition) is 1. The van der Waals surface area contributed by atoms with E-state index in [0.29, 0.717) is 24.8 Å². The number of benzene rings is 2. The number of carbonyl (C=O) groups excluding carboxylic acids is 1. The van der Waals surface area contributed by atoms with Crippen molar-refractivity contribution in [2.75, 3.05) is 26.3 Å². The van der Waals surface area contributed by atoms with Gasteiger partial charge in [0.2, 0.25) is 10.0 Å². The molecular weight excluding hydrogens is 378 g/mol. The molecule has 1 aliphatic rings. The van der Waals surface area contributed by atoms with Crippen LogP contribution in [-0.4, -0.2) is 44.9 Å². The molecule has 1 heterocycles. The van der Waals surface area contributed by atoms with Crippen molar-refractivity contribution in [2.24, 2.45) is 0 Å². The maximum absolute atomic E-state index is 13.7. The Labute approximate surface area is 155 Å². The number of sulfonamides is 1. The summed E-state index contributed by atoms with van der Waals surface area (Å²) in [6.07, 6.45) is 0. The zero-order valence-corrected chi connectivity index (χ0v) is 15.1. The third-order valence-corrected chi connectivity index (χ3v) is 6.17. The fraction of sp³-hybridized carbons (Fsp3) is 0.278. The highest BCUT2D eigenvalue weighted by Crippen LogP contribution is 2.21. The lowest BCUT2D eigenvalue weighted by Crippen LogP contribution is -2.41. The van der Waals surface area contributed by atoms with Gasteiger partial charge in [0.05, 0.1) is 23.7 Å². The first-order valence-corrected chi connectivity index (χ1v) is 9.72. The van der Waals surface area contributed by atoms with E-state index in [2.05, 4.69) is 5.32 Å². The van der Waals surface area contributed by atoms with Crippen LogP contribution in [0.25, 0.3) is 0 Å². The Morgan fingerprint density at radius 3 is 2.52 bits per heavy atom. The van der Waals surface area contributed by atoms with Crippen molar-refractivity contribution in [3.63, 3.8) is 0 Å². The highest BCUT2D eigenvalue weighted by Gasteiger charge is 2.28. The van der Waals surface area contributed by atoms with E-state index in [0.717, 1.165) is 12.1 Å². The number of hydrogen-bond acceptors (Lipinski definition) is 4. The molecule has 0 bridgehead atoms. The van der Waals surface area contributed by atoms with Crippen LogP contribution in [0.15, 0.2) is 47.4 Å². The van der Waals surface area contributed by atoms with Crippen molar-refractivity contribution in [1.29, 1.82) is 0 Å². The molecule has 2 aromatic carbocycles. The standard InChI is InChI=1S/C18H18F2N2O4S/c19-14-5-6-15(16(20)11-14)18(23)21-12-13-3-1-2-4-17(13)27(24,25)22-7-9-26-10-8-22/h1-6,11H,7-10,12H2,(H,21,23). The number of nitrogens with zero attached hydrogens (tertiary/aromatic N) is 1. The van der Waals surface area contributed by atoms with Gasteiger partial charge in [-0.25, -0.2) is 17.2 Å². The van der Waals surface area contributed by atoms with E-state index in [1.165, 1.54) is 10.4 Å². The molecule has 0 atom stereocenters. The highest BCUT2D eigenvalue weighted by molar-refractivity contribution is 7.89. The van der Waals surface area contributed by atoms with Crippen molar-refractivity contribution < 1.29 is 26.7 Å². The number of rotatable bonds is 5. The van der Waals surface area contributed by atoms with Gasteiger partial charge >= 0.3 is 0 Å². The van der Waals surface area contributed by atoms with Crippen LogP contribution in [-0.2, 0) is 21.3 Å². The summed E-state index contributed by atoms with van der Waals surface area (Å²) in [5, 5.41) is 2.48. The van der Waals surface area contributed by atoms with E-state index in [-0.39, 0.29) is 30.1 Å². The first kappa shape index (κ1) is 19.4. The van der Waals surface area contributed by atoms with E-state index in [1.807, 2.05) is 0 Å². The normalized spacial score (nSPS) is 15.5. The Morgan fingerprint density at radius 1 is 1.11 bits per heavy atom. The quantitative estimate of drug-likeness (QED) is 0.838. The summed E-state index contributed by atoms with van der Waals surface area (Å²) >= 11 is 0. The molecular formula is C18H18F2N2O4S. The van der Waals surface area contributed by atoms with Crippen molar-refractivity contribution >= 4 is 15.9 Å². The maximum Gasteiger partial charge on any atom is 0.254 e. The predicted molar refractivity (Wildman–Crippen MR) is 93.5 cm³/mol. The van der Waals surface area contributed by atoms with E-state index in [1.54, 1.807) is 18.2 Å². The molecule has 0 aliphatic carbocycles. The molecule has 144 valence electrons. The molecule has 9 heteroatoms. The zero-order chi connectivity index (χ0) is 19.4. The molecule has 0 spiro atoms. The second-order valence-corrected chi connectivity index (χ2v) is 7.84. The fourth-order valence-electron chi connectivity index (χ4n) is 2.77. The van der Waals surface area contributed by atoms with Crippen molar-refractivity contribution in [3.8, 4) is 0 Å². The summed E-state index contributed by atoms with van der Waals surface area (Å²) in [6, 6.07) is 8.92. The summed E-state index contributed by atoms with van der Waals surface area (Å²) in [7, 11) is -3.74. The molecule has 0 radical (unpaired) electrons. The molecule has 3 rings (SSSR count). The maximum atomic E-state index is 13.7. The average Bonchev–Trinajstić information content (AvgIpc) is 2.67. The summed E-state index contributed by atoms with van der Waals surface area (Å²) < 4.78 is 58.9. The molecule has 6 nitrogen and oxygen atoms in total. The minimum atomic E-state index is -3.74. The van der Waals surface area contributed by atoms with Crippen LogP contribution in [0.1, 0.15) is 15.9 Å². The van der Waals surface area contributed by atoms with Crippen LogP contribution in [0, 0.1) is 11.6 Å². The van der Waals surface area contributed by atoms with Gasteiger partial charge in [-0.3, -0.25) is 4.79 Å². The lowest BCUT2D eigenvalue weighted by atomic mass is 10.1. The fourth-order valence-corrected chi connectivity index (χ4v) is 4.40. The summed E-state index contributed by atoms with van der Waals surface area (Å²) in [4.78, 5) is 12.2. The molecule has 2 aromatic rings. The van der Waals surface area contributed by atoms with E-state index in [9.17, 15) is 22.0 Å². The highest BCUT2D eigenvalue weighted by atomic mass is 32.2. The number of morpholine rings is 1. The van der Waals surface area contributed by atoms with Crippen LogP contribution < -0.4 is 5.32 Å². The van der Waals surface area contributed by atoms with Gasteiger partial charge in [-0.1, -0.05) is 18.2 Å². The van der Waals surface area contributed by atoms with E-state index in [4.69, 9.17) is 4.74 Å². The topological polar surface area (TPSA) is 75.7 Å². The number of carbonyl (C=O) groups is 1. The first-order chi connectivity index (χ1) is 12.9. The van der Waals surface area contributed by atoms with Gasteiger partial charge < -0.3 is 10.1 Å². The Balaban J connectivity index is 1.79. The Hall–Kier alpha value is -2.36. The monoisotopic (exact) mass is 396 g/mol. The van der Waals surface area contributed by atoms with Gasteiger partial charge in [-0.2, -0.15) is 4.31 Å². The van der Waals surface area contributed by atoms with Crippen LogP contribution in [0.5, 0.6) is 0 Å². The lowest BCUT2D eigenvalue weighted by Gasteiger charge is -2.27. The van der Waals surface area contributed by atoms with Crippen molar-refractivity contribution in [1.82, 2.24) is 9.62 Å². The third-order valence-electron chi connectivity index (χ3n) is 4.18. The number of ether oxygens (including phenoxy) is 1. The molecule has 1 amide bonds. The third kappa shape index (κ3) is 4.32. The van der Waals surface area contributed by atoms with E-state index >= 15 is 0 Å². The molecule has 1 saturated heterocycles. The summed E-state index contributed by atoms with van der Waals surface area (Å²) in [6.45, 7) is 1.03. The first-order valence-electron chi connectivity index (χ1n) is 8.28. The van der Waals surface area contributed by atoms with Crippen LogP contribution in [0.2, 0.25) is 0 Å². The lowest BCUT2D eigenvalue weighted by molar-refractivity contribution is 0.0730. The predicted octanol–water partition coefficient (Wildman–Crippen LogP) is 1.92. The zero-order valence-electron chi connectivity index (χ0n) is 14.3. The molecule has 0 aromatic heterocycles. The largest absolute Gasteiger partial charge is 0.379 e.